The minimum atomic E-state index is -0.0270. The average Bonchev–Trinajstić information content (AvgIpc) is 3.37. The van der Waals surface area contributed by atoms with Gasteiger partial charge < -0.3 is 5.11 Å². The Bertz CT molecular complexity index is 2110. The van der Waals surface area contributed by atoms with Crippen LogP contribution in [-0.2, 0) is 21.7 Å². The van der Waals surface area contributed by atoms with Gasteiger partial charge in [0, 0.05) is 16.5 Å². The molecule has 0 fully saturated rings. The molecule has 254 valence electrons. The fourth-order valence-electron chi connectivity index (χ4n) is 6.95. The molecule has 1 aromatic heterocycles. The van der Waals surface area contributed by atoms with E-state index < -0.39 is 0 Å². The Hall–Kier alpha value is -3.88. The van der Waals surface area contributed by atoms with Crippen molar-refractivity contribution < 1.29 is 5.11 Å². The Morgan fingerprint density at radius 3 is 1.39 bits per heavy atom. The first-order valence-electron chi connectivity index (χ1n) is 17.7. The lowest BCUT2D eigenvalue weighted by atomic mass is 9.76. The number of benzene rings is 5. The number of rotatable bonds is 3. The van der Waals surface area contributed by atoms with E-state index in [1.54, 1.807) is 11.3 Å². The van der Waals surface area contributed by atoms with Crippen LogP contribution in [0.15, 0.2) is 84.2 Å². The number of thiophene rings is 1. The molecule has 5 aromatic carbocycles. The van der Waals surface area contributed by atoms with Crippen molar-refractivity contribution in [2.24, 2.45) is 0 Å². The summed E-state index contributed by atoms with van der Waals surface area (Å²) in [5, 5.41) is 19.0. The zero-order valence-corrected chi connectivity index (χ0v) is 32.8. The van der Waals surface area contributed by atoms with Crippen LogP contribution in [0.25, 0.3) is 54.2 Å². The molecule has 0 aliphatic heterocycles. The zero-order valence-electron chi connectivity index (χ0n) is 31.9. The number of hydrogen-bond donors (Lipinski definition) is 1. The second kappa shape index (κ2) is 11.9. The maximum Gasteiger partial charge on any atom is 0.142 e. The van der Waals surface area contributed by atoms with E-state index in [1.807, 2.05) is 0 Å². The Balaban J connectivity index is 1.84. The van der Waals surface area contributed by atoms with Crippen molar-refractivity contribution in [3.63, 3.8) is 0 Å². The molecule has 0 radical (unpaired) electrons. The third kappa shape index (κ3) is 6.45. The van der Waals surface area contributed by atoms with Gasteiger partial charge in [-0.15, -0.1) is 11.3 Å². The van der Waals surface area contributed by atoms with E-state index in [4.69, 9.17) is 0 Å². The van der Waals surface area contributed by atoms with Gasteiger partial charge >= 0.3 is 0 Å². The summed E-state index contributed by atoms with van der Waals surface area (Å²) >= 11 is 1.65. The van der Waals surface area contributed by atoms with Gasteiger partial charge in [-0.05, 0) is 107 Å². The first-order chi connectivity index (χ1) is 22.7. The summed E-state index contributed by atoms with van der Waals surface area (Å²) in [6, 6.07) is 29.7. The van der Waals surface area contributed by atoms with E-state index in [1.165, 1.54) is 54.9 Å². The smallest absolute Gasteiger partial charge is 0.142 e. The van der Waals surface area contributed by atoms with Gasteiger partial charge in [0.25, 0.3) is 0 Å². The number of hydrogen-bond acceptors (Lipinski definition) is 2. The molecule has 6 aromatic rings. The van der Waals surface area contributed by atoms with Crippen LogP contribution in [0.3, 0.4) is 0 Å². The van der Waals surface area contributed by atoms with E-state index in [0.717, 1.165) is 27.1 Å². The fraction of sp³-hybridized carbons (Fsp3) is 0.362. The van der Waals surface area contributed by atoms with Crippen molar-refractivity contribution in [3.8, 4) is 38.4 Å². The molecule has 6 rings (SSSR count). The molecular weight excluding hydrogens is 613 g/mol. The Kier molecular flexibility index (Phi) is 8.47. The molecule has 0 saturated heterocycles. The maximum atomic E-state index is 12.1. The molecule has 49 heavy (non-hydrogen) atoms. The van der Waals surface area contributed by atoms with Crippen molar-refractivity contribution in [3.05, 3.63) is 112 Å². The standard InChI is InChI=1S/C47H54OS/c1-28-16-14-15-17-34(28)39-27-49-43(42(39)48)41-35-20-18-30(44(2,3)4)25-37(35)40(38-26-31(45(5,6)7)19-21-36(38)41)29-22-32(46(8,9)10)24-33(23-29)47(11,12)13/h14-27,48H,1-13H3. The summed E-state index contributed by atoms with van der Waals surface area (Å²) in [7, 11) is 0. The van der Waals surface area contributed by atoms with E-state index in [9.17, 15) is 5.11 Å². The molecule has 1 nitrogen and oxygen atoms in total. The van der Waals surface area contributed by atoms with Crippen LogP contribution < -0.4 is 0 Å². The summed E-state index contributed by atoms with van der Waals surface area (Å²) in [5.41, 5.74) is 12.0. The molecule has 0 unspecified atom stereocenters. The van der Waals surface area contributed by atoms with Gasteiger partial charge in [-0.2, -0.15) is 0 Å². The molecule has 0 aliphatic rings. The summed E-state index contributed by atoms with van der Waals surface area (Å²) in [5.74, 6) is 0.360. The third-order valence-electron chi connectivity index (χ3n) is 10.2. The van der Waals surface area contributed by atoms with Gasteiger partial charge in [0.1, 0.15) is 5.75 Å². The molecule has 0 atom stereocenters. The van der Waals surface area contributed by atoms with Crippen LogP contribution in [0, 0.1) is 6.92 Å². The van der Waals surface area contributed by atoms with E-state index in [2.05, 4.69) is 174 Å². The summed E-state index contributed by atoms with van der Waals surface area (Å²) in [4.78, 5) is 0.922. The average molecular weight is 667 g/mol. The molecule has 1 N–H and O–H groups in total. The Labute approximate surface area is 299 Å². The summed E-state index contributed by atoms with van der Waals surface area (Å²) in [6.45, 7) is 29.8. The number of fused-ring (bicyclic) bond motifs is 2. The monoisotopic (exact) mass is 666 g/mol. The Morgan fingerprint density at radius 1 is 0.469 bits per heavy atom. The highest BCUT2D eigenvalue weighted by molar-refractivity contribution is 7.14. The predicted octanol–water partition coefficient (Wildman–Crippen LogP) is 14.3. The van der Waals surface area contributed by atoms with Gasteiger partial charge in [-0.25, -0.2) is 0 Å². The molecule has 0 saturated carbocycles. The van der Waals surface area contributed by atoms with Gasteiger partial charge in [-0.3, -0.25) is 0 Å². The van der Waals surface area contributed by atoms with E-state index in [-0.39, 0.29) is 21.7 Å². The second-order valence-corrected chi connectivity index (χ2v) is 19.1. The summed E-state index contributed by atoms with van der Waals surface area (Å²) < 4.78 is 0. The van der Waals surface area contributed by atoms with Crippen LogP contribution in [-0.4, -0.2) is 5.11 Å². The minimum Gasteiger partial charge on any atom is -0.506 e. The molecule has 0 aliphatic carbocycles. The number of aryl methyl sites for hydroxylation is 1. The molecule has 2 heteroatoms. The maximum absolute atomic E-state index is 12.1. The lowest BCUT2D eigenvalue weighted by molar-refractivity contribution is 0.481. The van der Waals surface area contributed by atoms with Crippen LogP contribution in [0.5, 0.6) is 5.75 Å². The third-order valence-corrected chi connectivity index (χ3v) is 11.2. The second-order valence-electron chi connectivity index (χ2n) is 18.2. The first kappa shape index (κ1) is 35.0. The highest BCUT2D eigenvalue weighted by Gasteiger charge is 2.27. The van der Waals surface area contributed by atoms with Gasteiger partial charge in [-0.1, -0.05) is 150 Å². The van der Waals surface area contributed by atoms with Crippen molar-refractivity contribution in [1.82, 2.24) is 0 Å². The predicted molar refractivity (Wildman–Crippen MR) is 217 cm³/mol. The molecule has 0 amide bonds. The SMILES string of the molecule is Cc1ccccc1-c1csc(-c2c3ccc(C(C)(C)C)cc3c(-c3cc(C(C)(C)C)cc(C(C)(C)C)c3)c3cc(C(C)(C)C)ccc23)c1O. The lowest BCUT2D eigenvalue weighted by Gasteiger charge is -2.28. The topological polar surface area (TPSA) is 20.2 Å². The van der Waals surface area contributed by atoms with Crippen LogP contribution in [0.4, 0.5) is 0 Å². The van der Waals surface area contributed by atoms with Crippen LogP contribution >= 0.6 is 11.3 Å². The molecular formula is C47H54OS. The van der Waals surface area contributed by atoms with Gasteiger partial charge in [0.2, 0.25) is 0 Å². The first-order valence-corrected chi connectivity index (χ1v) is 18.6. The molecule has 0 spiro atoms. The van der Waals surface area contributed by atoms with E-state index in [0.29, 0.717) is 5.75 Å². The quantitative estimate of drug-likeness (QED) is 0.186. The number of aromatic hydroxyl groups is 1. The highest BCUT2D eigenvalue weighted by Crippen LogP contribution is 2.52. The van der Waals surface area contributed by atoms with Gasteiger partial charge in [0.05, 0.1) is 4.88 Å². The zero-order chi connectivity index (χ0) is 35.8. The van der Waals surface area contributed by atoms with Gasteiger partial charge in [0.15, 0.2) is 0 Å². The molecule has 1 heterocycles. The highest BCUT2D eigenvalue weighted by atomic mass is 32.1. The van der Waals surface area contributed by atoms with Crippen molar-refractivity contribution in [1.29, 1.82) is 0 Å². The van der Waals surface area contributed by atoms with Crippen LogP contribution in [0.1, 0.15) is 111 Å². The van der Waals surface area contributed by atoms with Crippen molar-refractivity contribution in [2.45, 2.75) is 112 Å². The largest absolute Gasteiger partial charge is 0.506 e. The van der Waals surface area contributed by atoms with Crippen molar-refractivity contribution in [2.75, 3.05) is 0 Å². The van der Waals surface area contributed by atoms with Crippen LogP contribution in [0.2, 0.25) is 0 Å². The normalized spacial score (nSPS) is 13.1. The van der Waals surface area contributed by atoms with E-state index >= 15 is 0 Å². The molecule has 0 bridgehead atoms. The minimum absolute atomic E-state index is 0.0105. The summed E-state index contributed by atoms with van der Waals surface area (Å²) in [6.07, 6.45) is 0. The Morgan fingerprint density at radius 2 is 0.939 bits per heavy atom. The lowest BCUT2D eigenvalue weighted by Crippen LogP contribution is -2.16. The van der Waals surface area contributed by atoms with Crippen molar-refractivity contribution >= 4 is 32.9 Å². The fourth-order valence-corrected chi connectivity index (χ4v) is 7.98.